The molecule has 0 saturated carbocycles. The molecule has 1 aromatic carbocycles. The molecule has 3 rings (SSSR count). The summed E-state index contributed by atoms with van der Waals surface area (Å²) in [5.74, 6) is -1.21. The molecule has 12 heteroatoms. The van der Waals surface area contributed by atoms with Crippen molar-refractivity contribution in [1.29, 1.82) is 0 Å². The van der Waals surface area contributed by atoms with Gasteiger partial charge in [0.15, 0.2) is 0 Å². The van der Waals surface area contributed by atoms with Crippen LogP contribution in [-0.4, -0.2) is 81.2 Å². The highest BCUT2D eigenvalue weighted by Crippen LogP contribution is 2.39. The van der Waals surface area contributed by atoms with Crippen molar-refractivity contribution in [1.82, 2.24) is 0 Å². The summed E-state index contributed by atoms with van der Waals surface area (Å²) in [6.45, 7) is 16.2. The Labute approximate surface area is 193 Å². The molecule has 0 aromatic heterocycles. The van der Waals surface area contributed by atoms with Gasteiger partial charge < -0.3 is 14.1 Å². The van der Waals surface area contributed by atoms with Gasteiger partial charge in [-0.1, -0.05) is 0 Å². The number of hydrogen-bond acceptors (Lipinski definition) is 7. The lowest BCUT2D eigenvalue weighted by atomic mass is 10.2. The minimum absolute atomic E-state index is 0.447. The molecule has 0 amide bonds. The molecule has 0 bridgehead atoms. The molecule has 1 spiro atoms. The maximum Gasteiger partial charge on any atom is 0.324 e. The number of quaternary nitrogens is 2. The number of nitro benzene ring substituents is 3. The molecule has 2 heterocycles. The predicted molar refractivity (Wildman–Crippen MR) is 122 cm³/mol. The number of likely N-dealkylation sites (N-methyl/N-ethyl adjacent to an activating group) is 1. The first-order valence-corrected chi connectivity index (χ1v) is 11.6. The minimum atomic E-state index is -1.21. The van der Waals surface area contributed by atoms with E-state index in [0.29, 0.717) is 12.1 Å². The predicted octanol–water partition coefficient (Wildman–Crippen LogP) is 3.75. The highest BCUT2D eigenvalue weighted by Gasteiger charge is 2.37. The van der Waals surface area contributed by atoms with Gasteiger partial charge in [0.05, 0.1) is 66.2 Å². The summed E-state index contributed by atoms with van der Waals surface area (Å²) in [5.41, 5.74) is -3.00. The van der Waals surface area contributed by atoms with Crippen LogP contribution >= 0.6 is 0 Å². The quantitative estimate of drug-likeness (QED) is 0.392. The summed E-state index contributed by atoms with van der Waals surface area (Å²) in [7, 11) is 0. The summed E-state index contributed by atoms with van der Waals surface area (Å²) < 4.78 is 2.86. The van der Waals surface area contributed by atoms with E-state index >= 15 is 0 Å². The zero-order valence-corrected chi connectivity index (χ0v) is 19.5. The molecule has 33 heavy (non-hydrogen) atoms. The Kier molecular flexibility index (Phi) is 9.06. The van der Waals surface area contributed by atoms with Gasteiger partial charge in [-0.15, -0.1) is 0 Å². The number of benzene rings is 1. The fourth-order valence-electron chi connectivity index (χ4n) is 5.03. The number of phenols is 1. The van der Waals surface area contributed by atoms with Gasteiger partial charge in [-0.05, 0) is 39.5 Å². The van der Waals surface area contributed by atoms with E-state index in [2.05, 4.69) is 13.8 Å². The number of rotatable bonds is 5. The van der Waals surface area contributed by atoms with Crippen LogP contribution in [-0.2, 0) is 0 Å². The van der Waals surface area contributed by atoms with Crippen molar-refractivity contribution in [3.63, 3.8) is 0 Å². The first kappa shape index (κ1) is 26.4. The Morgan fingerprint density at radius 2 is 1.21 bits per heavy atom. The third-order valence-electron chi connectivity index (χ3n) is 7.33. The molecular formula is C21H35N5O7+2. The fraction of sp³-hybridized carbons (Fsp3) is 0.714. The van der Waals surface area contributed by atoms with Crippen molar-refractivity contribution < 1.29 is 28.8 Å². The Morgan fingerprint density at radius 1 is 0.727 bits per heavy atom. The van der Waals surface area contributed by atoms with Crippen LogP contribution < -0.4 is 0 Å². The standard InChI is InChI=1S/C15H32N2.C6H3N3O7/c1-3-16(4-2)12-9-13-17(15-14-16)10-7-5-6-8-11-17;10-6-4(8(13)14)1-3(7(11)12)2-5(6)9(15)16/h3-15H2,1-2H3;1-2,10H/q+2;. The van der Waals surface area contributed by atoms with Crippen molar-refractivity contribution in [3.05, 3.63) is 42.5 Å². The van der Waals surface area contributed by atoms with Crippen molar-refractivity contribution in [3.8, 4) is 5.75 Å². The van der Waals surface area contributed by atoms with E-state index in [1.165, 1.54) is 93.4 Å². The molecule has 1 aromatic rings. The van der Waals surface area contributed by atoms with E-state index in [4.69, 9.17) is 5.11 Å². The molecule has 1 N–H and O–H groups in total. The third kappa shape index (κ3) is 6.57. The lowest BCUT2D eigenvalue weighted by Gasteiger charge is -2.38. The van der Waals surface area contributed by atoms with Gasteiger partial charge in [-0.25, -0.2) is 0 Å². The van der Waals surface area contributed by atoms with Crippen LogP contribution in [0.3, 0.4) is 0 Å². The van der Waals surface area contributed by atoms with Gasteiger partial charge in [0, 0.05) is 6.42 Å². The average Bonchev–Trinajstić information content (AvgIpc) is 3.12. The van der Waals surface area contributed by atoms with Crippen molar-refractivity contribution in [2.24, 2.45) is 0 Å². The second-order valence-corrected chi connectivity index (χ2v) is 9.03. The van der Waals surface area contributed by atoms with Crippen LogP contribution in [0.1, 0.15) is 46.0 Å². The molecule has 0 aliphatic carbocycles. The molecule has 2 aliphatic heterocycles. The lowest BCUT2D eigenvalue weighted by Crippen LogP contribution is -2.54. The Bertz CT molecular complexity index is 830. The van der Waals surface area contributed by atoms with Crippen LogP contribution in [0.4, 0.5) is 17.1 Å². The number of non-ortho nitro benzene ring substituents is 1. The highest BCUT2D eigenvalue weighted by atomic mass is 16.6. The fourth-order valence-corrected chi connectivity index (χ4v) is 5.03. The minimum Gasteiger partial charge on any atom is -0.497 e. The van der Waals surface area contributed by atoms with E-state index in [0.717, 1.165) is 0 Å². The van der Waals surface area contributed by atoms with Gasteiger partial charge in [-0.3, -0.25) is 30.3 Å². The SMILES string of the molecule is CC[N+]1(CC)CCC[N+]2(CCCCCC2)CC1.O=[N+]([O-])c1cc([N+](=O)[O-])c(O)c([N+](=O)[O-])c1. The van der Waals surface area contributed by atoms with Gasteiger partial charge >= 0.3 is 11.4 Å². The van der Waals surface area contributed by atoms with Gasteiger partial charge in [0.2, 0.25) is 0 Å². The van der Waals surface area contributed by atoms with E-state index < -0.39 is 37.6 Å². The second-order valence-electron chi connectivity index (χ2n) is 9.03. The smallest absolute Gasteiger partial charge is 0.324 e. The first-order valence-electron chi connectivity index (χ1n) is 11.6. The maximum atomic E-state index is 10.4. The summed E-state index contributed by atoms with van der Waals surface area (Å²) in [6.07, 6.45) is 7.40. The monoisotopic (exact) mass is 469 g/mol. The summed E-state index contributed by atoms with van der Waals surface area (Å²) in [4.78, 5) is 27.8. The number of phenolic OH excluding ortho intramolecular Hbond substituents is 1. The summed E-state index contributed by atoms with van der Waals surface area (Å²) in [6, 6.07) is 0.894. The lowest BCUT2D eigenvalue weighted by molar-refractivity contribution is -0.961. The van der Waals surface area contributed by atoms with Crippen LogP contribution in [0, 0.1) is 30.3 Å². The maximum absolute atomic E-state index is 10.4. The average molecular weight is 470 g/mol. The zero-order chi connectivity index (χ0) is 24.6. The molecule has 2 aliphatic rings. The van der Waals surface area contributed by atoms with E-state index in [1.54, 1.807) is 0 Å². The first-order chi connectivity index (χ1) is 15.6. The second kappa shape index (κ2) is 11.3. The third-order valence-corrected chi connectivity index (χ3v) is 7.33. The molecule has 0 unspecified atom stereocenters. The van der Waals surface area contributed by atoms with Crippen LogP contribution in [0.15, 0.2) is 12.1 Å². The molecular weight excluding hydrogens is 434 g/mol. The summed E-state index contributed by atoms with van der Waals surface area (Å²) >= 11 is 0. The molecule has 12 nitrogen and oxygen atoms in total. The van der Waals surface area contributed by atoms with E-state index in [-0.39, 0.29) is 0 Å². The Morgan fingerprint density at radius 3 is 1.64 bits per heavy atom. The number of nitro groups is 3. The molecule has 2 saturated heterocycles. The van der Waals surface area contributed by atoms with Crippen LogP contribution in [0.5, 0.6) is 5.75 Å². The molecule has 184 valence electrons. The Balaban J connectivity index is 0.000000234. The molecule has 2 fully saturated rings. The van der Waals surface area contributed by atoms with Gasteiger partial charge in [-0.2, -0.15) is 0 Å². The Hall–Kier alpha value is -2.86. The highest BCUT2D eigenvalue weighted by molar-refractivity contribution is 5.64. The van der Waals surface area contributed by atoms with E-state index in [9.17, 15) is 30.3 Å². The number of hydrogen-bond donors (Lipinski definition) is 1. The number of aromatic hydroxyl groups is 1. The zero-order valence-electron chi connectivity index (χ0n) is 19.5. The van der Waals surface area contributed by atoms with Gasteiger partial charge in [0.1, 0.15) is 13.1 Å². The van der Waals surface area contributed by atoms with Crippen LogP contribution in [0.25, 0.3) is 0 Å². The largest absolute Gasteiger partial charge is 0.497 e. The van der Waals surface area contributed by atoms with Crippen molar-refractivity contribution in [2.45, 2.75) is 46.0 Å². The van der Waals surface area contributed by atoms with Gasteiger partial charge in [0.25, 0.3) is 11.4 Å². The topological polar surface area (TPSA) is 150 Å². The molecule has 0 atom stereocenters. The van der Waals surface area contributed by atoms with Crippen molar-refractivity contribution >= 4 is 17.1 Å². The normalized spacial score (nSPS) is 19.5. The van der Waals surface area contributed by atoms with Crippen molar-refractivity contribution in [2.75, 3.05) is 52.4 Å². The molecule has 0 radical (unpaired) electrons. The van der Waals surface area contributed by atoms with Crippen LogP contribution in [0.2, 0.25) is 0 Å². The summed E-state index contributed by atoms with van der Waals surface area (Å²) in [5, 5.41) is 40.2. The number of nitrogens with zero attached hydrogens (tertiary/aromatic N) is 5. The van der Waals surface area contributed by atoms with E-state index in [1.807, 2.05) is 0 Å².